The van der Waals surface area contributed by atoms with Crippen LogP contribution in [0, 0.1) is 11.8 Å². The van der Waals surface area contributed by atoms with Crippen LogP contribution < -0.4 is 5.73 Å². The van der Waals surface area contributed by atoms with Gasteiger partial charge in [-0.05, 0) is 18.8 Å². The number of nitrogens with two attached hydrogens (primary N) is 1. The number of amides is 1. The van der Waals surface area contributed by atoms with E-state index in [1.165, 1.54) is 6.42 Å². The SMILES string of the molecule is C[C@H]1CC[C@H]1C(N)=O. The summed E-state index contributed by atoms with van der Waals surface area (Å²) in [6, 6.07) is 0. The summed E-state index contributed by atoms with van der Waals surface area (Å²) in [4.78, 5) is 10.4. The summed E-state index contributed by atoms with van der Waals surface area (Å²) < 4.78 is 0. The van der Waals surface area contributed by atoms with Gasteiger partial charge in [-0.1, -0.05) is 6.92 Å². The van der Waals surface area contributed by atoms with Crippen molar-refractivity contribution in [3.8, 4) is 0 Å². The van der Waals surface area contributed by atoms with E-state index in [1.807, 2.05) is 0 Å². The molecule has 2 nitrogen and oxygen atoms in total. The Morgan fingerprint density at radius 1 is 1.62 bits per heavy atom. The summed E-state index contributed by atoms with van der Waals surface area (Å²) >= 11 is 0. The highest BCUT2D eigenvalue weighted by atomic mass is 16.1. The average Bonchev–Trinajstić information content (AvgIpc) is 1.61. The molecule has 2 N–H and O–H groups in total. The fraction of sp³-hybridized carbons (Fsp3) is 0.833. The third-order valence-electron chi connectivity index (χ3n) is 1.99. The predicted molar refractivity (Wildman–Crippen MR) is 31.1 cm³/mol. The fourth-order valence-electron chi connectivity index (χ4n) is 1.09. The van der Waals surface area contributed by atoms with Crippen LogP contribution in [0.1, 0.15) is 19.8 Å². The third-order valence-corrected chi connectivity index (χ3v) is 1.99. The zero-order valence-electron chi connectivity index (χ0n) is 5.05. The Morgan fingerprint density at radius 2 is 2.25 bits per heavy atom. The molecule has 46 valence electrons. The lowest BCUT2D eigenvalue weighted by Gasteiger charge is -2.30. The fourth-order valence-corrected chi connectivity index (χ4v) is 1.09. The van der Waals surface area contributed by atoms with Gasteiger partial charge >= 0.3 is 0 Å². The molecule has 0 saturated heterocycles. The number of carbonyl (C=O) groups is 1. The maximum Gasteiger partial charge on any atom is 0.220 e. The van der Waals surface area contributed by atoms with Crippen molar-refractivity contribution in [2.45, 2.75) is 19.8 Å². The zero-order chi connectivity index (χ0) is 6.15. The summed E-state index contributed by atoms with van der Waals surface area (Å²) in [5.74, 6) is 0.617. The molecular weight excluding hydrogens is 102 g/mol. The molecular formula is C6H11NO. The van der Waals surface area contributed by atoms with Gasteiger partial charge in [0.25, 0.3) is 0 Å². The van der Waals surface area contributed by atoms with Crippen molar-refractivity contribution in [2.75, 3.05) is 0 Å². The van der Waals surface area contributed by atoms with E-state index in [1.54, 1.807) is 0 Å². The van der Waals surface area contributed by atoms with Gasteiger partial charge in [-0.15, -0.1) is 0 Å². The Hall–Kier alpha value is -0.530. The molecule has 0 heterocycles. The first-order valence-corrected chi connectivity index (χ1v) is 3.01. The second-order valence-corrected chi connectivity index (χ2v) is 2.56. The minimum atomic E-state index is -0.122. The van der Waals surface area contributed by atoms with Crippen molar-refractivity contribution in [3.63, 3.8) is 0 Å². The molecule has 0 bridgehead atoms. The third kappa shape index (κ3) is 0.703. The Bertz CT molecular complexity index is 111. The lowest BCUT2D eigenvalue weighted by atomic mass is 9.75. The van der Waals surface area contributed by atoms with Crippen molar-refractivity contribution in [1.29, 1.82) is 0 Å². The van der Waals surface area contributed by atoms with E-state index in [0.29, 0.717) is 5.92 Å². The largest absolute Gasteiger partial charge is 0.369 e. The van der Waals surface area contributed by atoms with Crippen LogP contribution in [-0.4, -0.2) is 5.91 Å². The van der Waals surface area contributed by atoms with Gasteiger partial charge in [-0.25, -0.2) is 0 Å². The maximum absolute atomic E-state index is 10.4. The summed E-state index contributed by atoms with van der Waals surface area (Å²) in [7, 11) is 0. The van der Waals surface area contributed by atoms with Gasteiger partial charge in [0.15, 0.2) is 0 Å². The molecule has 0 radical (unpaired) electrons. The van der Waals surface area contributed by atoms with Crippen LogP contribution in [0.2, 0.25) is 0 Å². The monoisotopic (exact) mass is 113 g/mol. The Kier molecular flexibility index (Phi) is 1.24. The van der Waals surface area contributed by atoms with Crippen LogP contribution in [0.25, 0.3) is 0 Å². The van der Waals surface area contributed by atoms with Crippen molar-refractivity contribution < 1.29 is 4.79 Å². The van der Waals surface area contributed by atoms with E-state index in [2.05, 4.69) is 6.92 Å². The van der Waals surface area contributed by atoms with Gasteiger partial charge in [-0.2, -0.15) is 0 Å². The average molecular weight is 113 g/mol. The van der Waals surface area contributed by atoms with Crippen LogP contribution in [0.5, 0.6) is 0 Å². The first kappa shape index (κ1) is 5.60. The van der Waals surface area contributed by atoms with E-state index < -0.39 is 0 Å². The van der Waals surface area contributed by atoms with E-state index >= 15 is 0 Å². The zero-order valence-corrected chi connectivity index (χ0v) is 5.05. The maximum atomic E-state index is 10.4. The Labute approximate surface area is 49.1 Å². The summed E-state index contributed by atoms with van der Waals surface area (Å²) in [6.45, 7) is 2.07. The highest BCUT2D eigenvalue weighted by Crippen LogP contribution is 2.32. The second kappa shape index (κ2) is 1.77. The molecule has 1 saturated carbocycles. The minimum Gasteiger partial charge on any atom is -0.369 e. The Morgan fingerprint density at radius 3 is 2.25 bits per heavy atom. The van der Waals surface area contributed by atoms with Gasteiger partial charge in [-0.3, -0.25) is 4.79 Å². The molecule has 2 heteroatoms. The van der Waals surface area contributed by atoms with Crippen molar-refractivity contribution in [2.24, 2.45) is 17.6 Å². The topological polar surface area (TPSA) is 43.1 Å². The molecule has 0 aromatic rings. The molecule has 0 aromatic heterocycles. The highest BCUT2D eigenvalue weighted by molar-refractivity contribution is 5.77. The van der Waals surface area contributed by atoms with E-state index in [9.17, 15) is 4.79 Å². The van der Waals surface area contributed by atoms with Gasteiger partial charge in [0.05, 0.1) is 0 Å². The van der Waals surface area contributed by atoms with Crippen molar-refractivity contribution in [3.05, 3.63) is 0 Å². The van der Waals surface area contributed by atoms with E-state index in [-0.39, 0.29) is 11.8 Å². The molecule has 0 aliphatic heterocycles. The summed E-state index contributed by atoms with van der Waals surface area (Å²) in [6.07, 6.45) is 2.18. The van der Waals surface area contributed by atoms with Crippen LogP contribution in [-0.2, 0) is 4.79 Å². The van der Waals surface area contributed by atoms with Gasteiger partial charge in [0.2, 0.25) is 5.91 Å². The number of primary amides is 1. The molecule has 2 atom stereocenters. The normalized spacial score (nSPS) is 36.1. The van der Waals surface area contributed by atoms with Crippen LogP contribution in [0.15, 0.2) is 0 Å². The number of hydrogen-bond donors (Lipinski definition) is 1. The molecule has 8 heavy (non-hydrogen) atoms. The molecule has 1 rings (SSSR count). The number of carbonyl (C=O) groups excluding carboxylic acids is 1. The van der Waals surface area contributed by atoms with Gasteiger partial charge in [0, 0.05) is 5.92 Å². The molecule has 1 aliphatic carbocycles. The number of rotatable bonds is 1. The van der Waals surface area contributed by atoms with Crippen LogP contribution in [0.4, 0.5) is 0 Å². The molecule has 0 spiro atoms. The molecule has 1 aliphatic rings. The number of hydrogen-bond acceptors (Lipinski definition) is 1. The van der Waals surface area contributed by atoms with Crippen molar-refractivity contribution >= 4 is 5.91 Å². The highest BCUT2D eigenvalue weighted by Gasteiger charge is 2.30. The first-order valence-electron chi connectivity index (χ1n) is 3.01. The minimum absolute atomic E-state index is 0.122. The van der Waals surface area contributed by atoms with Crippen molar-refractivity contribution in [1.82, 2.24) is 0 Å². The van der Waals surface area contributed by atoms with E-state index in [4.69, 9.17) is 5.73 Å². The Balaban J connectivity index is 2.37. The quantitative estimate of drug-likeness (QED) is 0.529. The smallest absolute Gasteiger partial charge is 0.220 e. The second-order valence-electron chi connectivity index (χ2n) is 2.56. The van der Waals surface area contributed by atoms with Gasteiger partial charge in [0.1, 0.15) is 0 Å². The summed E-state index contributed by atoms with van der Waals surface area (Å²) in [5.41, 5.74) is 5.05. The molecule has 0 unspecified atom stereocenters. The van der Waals surface area contributed by atoms with E-state index in [0.717, 1.165) is 6.42 Å². The predicted octanol–water partition coefficient (Wildman–Crippen LogP) is 0.518. The van der Waals surface area contributed by atoms with Crippen LogP contribution in [0.3, 0.4) is 0 Å². The molecule has 1 fully saturated rings. The molecule has 1 amide bonds. The first-order chi connectivity index (χ1) is 3.72. The van der Waals surface area contributed by atoms with Crippen LogP contribution >= 0.6 is 0 Å². The van der Waals surface area contributed by atoms with Gasteiger partial charge < -0.3 is 5.73 Å². The lowest BCUT2D eigenvalue weighted by Crippen LogP contribution is -2.35. The molecule has 0 aromatic carbocycles. The standard InChI is InChI=1S/C6H11NO/c1-4-2-3-5(4)6(7)8/h4-5H,2-3H2,1H3,(H2,7,8)/t4-,5+/m0/s1. The lowest BCUT2D eigenvalue weighted by molar-refractivity contribution is -0.126. The summed E-state index contributed by atoms with van der Waals surface area (Å²) in [5, 5.41) is 0.